The second-order valence-corrected chi connectivity index (χ2v) is 1.69. The Hall–Kier alpha value is -1.31. The van der Waals surface area contributed by atoms with Gasteiger partial charge in [-0.05, 0) is 12.1 Å². The standard InChI is InChI=1S/C7H6O2/c8-6-3-1-2-4-7(9)5-6/h1-5,8H. The van der Waals surface area contributed by atoms with Crippen molar-refractivity contribution in [1.82, 2.24) is 0 Å². The van der Waals surface area contributed by atoms with Crippen molar-refractivity contribution in [3.63, 3.8) is 0 Å². The Bertz CT molecular complexity index is 255. The topological polar surface area (TPSA) is 37.3 Å². The maximum Gasteiger partial charge on any atom is 0.182 e. The van der Waals surface area contributed by atoms with Crippen LogP contribution in [0, 0.1) is 0 Å². The Morgan fingerprint density at radius 3 is 2.67 bits per heavy atom. The fourth-order valence-corrected chi connectivity index (χ4v) is 0.547. The predicted molar refractivity (Wildman–Crippen MR) is 34.4 cm³/mol. The van der Waals surface area contributed by atoms with Crippen LogP contribution in [0.3, 0.4) is 0 Å². The van der Waals surface area contributed by atoms with Crippen LogP contribution < -0.4 is 5.43 Å². The Morgan fingerprint density at radius 2 is 1.89 bits per heavy atom. The van der Waals surface area contributed by atoms with E-state index in [1.165, 1.54) is 18.2 Å². The summed E-state index contributed by atoms with van der Waals surface area (Å²) in [6.07, 6.45) is 0. The summed E-state index contributed by atoms with van der Waals surface area (Å²) < 4.78 is 0. The quantitative estimate of drug-likeness (QED) is 0.551. The minimum atomic E-state index is -0.183. The van der Waals surface area contributed by atoms with Gasteiger partial charge in [0, 0.05) is 6.07 Å². The molecule has 1 aromatic carbocycles. The summed E-state index contributed by atoms with van der Waals surface area (Å²) >= 11 is 0. The van der Waals surface area contributed by atoms with E-state index >= 15 is 0 Å². The molecule has 1 rings (SSSR count). The third-order valence-electron chi connectivity index (χ3n) is 0.929. The molecule has 0 aliphatic carbocycles. The maximum absolute atomic E-state index is 10.5. The molecule has 0 unspecified atom stereocenters. The number of hydrogen-bond donors (Lipinski definition) is 1. The van der Waals surface area contributed by atoms with Crippen LogP contribution in [0.4, 0.5) is 0 Å². The Balaban J connectivity index is 3.37. The molecule has 0 saturated carbocycles. The highest BCUT2D eigenvalue weighted by Crippen LogP contribution is 1.98. The summed E-state index contributed by atoms with van der Waals surface area (Å²) in [4.78, 5) is 10.5. The lowest BCUT2D eigenvalue weighted by molar-refractivity contribution is 0.475. The molecule has 0 aromatic heterocycles. The zero-order chi connectivity index (χ0) is 6.69. The van der Waals surface area contributed by atoms with Gasteiger partial charge in [0.05, 0.1) is 0 Å². The third kappa shape index (κ3) is 1.57. The van der Waals surface area contributed by atoms with Gasteiger partial charge >= 0.3 is 0 Å². The van der Waals surface area contributed by atoms with Gasteiger partial charge in [0.1, 0.15) is 5.75 Å². The highest BCUT2D eigenvalue weighted by Gasteiger charge is 1.81. The average molecular weight is 122 g/mol. The van der Waals surface area contributed by atoms with Crippen LogP contribution in [0.25, 0.3) is 0 Å². The first-order valence-corrected chi connectivity index (χ1v) is 2.58. The van der Waals surface area contributed by atoms with E-state index in [1.54, 1.807) is 12.1 Å². The van der Waals surface area contributed by atoms with Gasteiger partial charge in [-0.2, -0.15) is 0 Å². The van der Waals surface area contributed by atoms with E-state index in [2.05, 4.69) is 0 Å². The van der Waals surface area contributed by atoms with E-state index < -0.39 is 0 Å². The third-order valence-corrected chi connectivity index (χ3v) is 0.929. The van der Waals surface area contributed by atoms with Crippen LogP contribution in [0.1, 0.15) is 0 Å². The summed E-state index contributed by atoms with van der Waals surface area (Å²) in [5.41, 5.74) is -0.183. The number of aromatic hydroxyl groups is 1. The Labute approximate surface area is 52.4 Å². The SMILES string of the molecule is O=c1ccccc(O)c1. The van der Waals surface area contributed by atoms with Gasteiger partial charge in [0.25, 0.3) is 0 Å². The van der Waals surface area contributed by atoms with Crippen molar-refractivity contribution < 1.29 is 5.11 Å². The average Bonchev–Trinajstić information content (AvgIpc) is 1.93. The van der Waals surface area contributed by atoms with Gasteiger partial charge in [-0.15, -0.1) is 0 Å². The molecule has 0 amide bonds. The largest absolute Gasteiger partial charge is 0.508 e. The first kappa shape index (κ1) is 5.82. The minimum Gasteiger partial charge on any atom is -0.508 e. The molecule has 0 aliphatic heterocycles. The molecule has 0 aliphatic rings. The van der Waals surface area contributed by atoms with E-state index in [9.17, 15) is 4.79 Å². The molecular weight excluding hydrogens is 116 g/mol. The summed E-state index contributed by atoms with van der Waals surface area (Å²) in [5, 5.41) is 8.77. The van der Waals surface area contributed by atoms with Crippen molar-refractivity contribution in [3.05, 3.63) is 40.6 Å². The smallest absolute Gasteiger partial charge is 0.182 e. The zero-order valence-corrected chi connectivity index (χ0v) is 4.74. The molecule has 0 atom stereocenters. The van der Waals surface area contributed by atoms with Crippen LogP contribution in [0.2, 0.25) is 0 Å². The van der Waals surface area contributed by atoms with Gasteiger partial charge in [-0.25, -0.2) is 0 Å². The molecule has 0 saturated heterocycles. The molecule has 0 fully saturated rings. The second kappa shape index (κ2) is 2.31. The fraction of sp³-hybridized carbons (Fsp3) is 0. The van der Waals surface area contributed by atoms with Gasteiger partial charge in [0.2, 0.25) is 0 Å². The molecule has 1 aromatic rings. The molecule has 46 valence electrons. The fourth-order valence-electron chi connectivity index (χ4n) is 0.547. The molecule has 0 heterocycles. The molecular formula is C7H6O2. The van der Waals surface area contributed by atoms with E-state index in [0.29, 0.717) is 0 Å². The van der Waals surface area contributed by atoms with E-state index in [0.717, 1.165) is 0 Å². The van der Waals surface area contributed by atoms with Crippen LogP contribution in [0.5, 0.6) is 5.75 Å². The van der Waals surface area contributed by atoms with Crippen LogP contribution in [-0.2, 0) is 0 Å². The van der Waals surface area contributed by atoms with E-state index in [-0.39, 0.29) is 11.2 Å². The van der Waals surface area contributed by atoms with E-state index in [1.807, 2.05) is 0 Å². The van der Waals surface area contributed by atoms with Crippen LogP contribution in [0.15, 0.2) is 35.1 Å². The normalized spacial score (nSPS) is 8.89. The number of rotatable bonds is 0. The summed E-state index contributed by atoms with van der Waals surface area (Å²) in [6, 6.07) is 7.21. The van der Waals surface area contributed by atoms with Crippen molar-refractivity contribution in [2.45, 2.75) is 0 Å². The zero-order valence-electron chi connectivity index (χ0n) is 4.74. The first-order chi connectivity index (χ1) is 4.29. The number of hydrogen-bond acceptors (Lipinski definition) is 2. The lowest BCUT2D eigenvalue weighted by Crippen LogP contribution is -1.88. The van der Waals surface area contributed by atoms with Crippen molar-refractivity contribution in [2.24, 2.45) is 0 Å². The highest BCUT2D eigenvalue weighted by atomic mass is 16.3. The maximum atomic E-state index is 10.5. The molecule has 0 bridgehead atoms. The van der Waals surface area contributed by atoms with Crippen molar-refractivity contribution >= 4 is 0 Å². The monoisotopic (exact) mass is 122 g/mol. The van der Waals surface area contributed by atoms with Crippen molar-refractivity contribution in [2.75, 3.05) is 0 Å². The second-order valence-electron chi connectivity index (χ2n) is 1.69. The molecule has 2 heteroatoms. The molecule has 0 radical (unpaired) electrons. The molecule has 9 heavy (non-hydrogen) atoms. The molecule has 2 nitrogen and oxygen atoms in total. The highest BCUT2D eigenvalue weighted by molar-refractivity contribution is 5.17. The molecule has 1 N–H and O–H groups in total. The van der Waals surface area contributed by atoms with Gasteiger partial charge in [-0.1, -0.05) is 12.1 Å². The van der Waals surface area contributed by atoms with Gasteiger partial charge < -0.3 is 5.11 Å². The molecule has 0 spiro atoms. The van der Waals surface area contributed by atoms with Gasteiger partial charge in [-0.3, -0.25) is 4.79 Å². The summed E-state index contributed by atoms with van der Waals surface area (Å²) in [7, 11) is 0. The summed E-state index contributed by atoms with van der Waals surface area (Å²) in [6.45, 7) is 0. The Morgan fingerprint density at radius 1 is 1.22 bits per heavy atom. The van der Waals surface area contributed by atoms with Crippen molar-refractivity contribution in [3.8, 4) is 5.75 Å². The van der Waals surface area contributed by atoms with Gasteiger partial charge in [0.15, 0.2) is 5.43 Å². The Kier molecular flexibility index (Phi) is 1.49. The van der Waals surface area contributed by atoms with Crippen LogP contribution in [-0.4, -0.2) is 5.11 Å². The van der Waals surface area contributed by atoms with E-state index in [4.69, 9.17) is 5.11 Å². The lowest BCUT2D eigenvalue weighted by atomic mass is 10.5. The van der Waals surface area contributed by atoms with Crippen LogP contribution >= 0.6 is 0 Å². The first-order valence-electron chi connectivity index (χ1n) is 2.58. The lowest BCUT2D eigenvalue weighted by Gasteiger charge is -1.74. The van der Waals surface area contributed by atoms with Crippen molar-refractivity contribution in [1.29, 1.82) is 0 Å². The predicted octanol–water partition coefficient (Wildman–Crippen LogP) is 0.752. The minimum absolute atomic E-state index is 0.00463. The summed E-state index contributed by atoms with van der Waals surface area (Å²) in [5.74, 6) is 0.00463.